The van der Waals surface area contributed by atoms with E-state index in [4.69, 9.17) is 4.42 Å². The lowest BCUT2D eigenvalue weighted by Crippen LogP contribution is -2.40. The minimum atomic E-state index is -0.797. The molecule has 2 aromatic rings. The second kappa shape index (κ2) is 7.48. The normalized spacial score (nSPS) is 18.3. The number of oxazole rings is 1. The molecule has 1 aliphatic heterocycles. The van der Waals surface area contributed by atoms with Crippen LogP contribution in [0.4, 0.5) is 0 Å². The molecular weight excluding hydrogens is 322 g/mol. The van der Waals surface area contributed by atoms with E-state index in [0.29, 0.717) is 18.7 Å². The molecule has 1 aromatic heterocycles. The highest BCUT2D eigenvalue weighted by Gasteiger charge is 2.31. The molecule has 0 spiro atoms. The van der Waals surface area contributed by atoms with Crippen molar-refractivity contribution in [3.63, 3.8) is 0 Å². The monoisotopic (exact) mass is 343 g/mol. The fraction of sp³-hybridized carbons (Fsp3) is 0.389. The van der Waals surface area contributed by atoms with Gasteiger partial charge in [-0.3, -0.25) is 9.59 Å². The summed E-state index contributed by atoms with van der Waals surface area (Å²) in [5.74, 6) is -0.497. The molecular formula is C18H21N3O4. The third kappa shape index (κ3) is 4.06. The van der Waals surface area contributed by atoms with Crippen LogP contribution in [-0.4, -0.2) is 64.0 Å². The Morgan fingerprint density at radius 2 is 2.08 bits per heavy atom. The molecule has 3 rings (SSSR count). The molecule has 1 N–H and O–H groups in total. The van der Waals surface area contributed by atoms with E-state index in [2.05, 4.69) is 4.98 Å². The number of rotatable bonds is 4. The van der Waals surface area contributed by atoms with Crippen molar-refractivity contribution in [1.82, 2.24) is 14.8 Å². The van der Waals surface area contributed by atoms with Crippen molar-refractivity contribution in [1.29, 1.82) is 0 Å². The van der Waals surface area contributed by atoms with Gasteiger partial charge in [0.2, 0.25) is 11.7 Å². The maximum atomic E-state index is 12.5. The quantitative estimate of drug-likeness (QED) is 0.890. The third-order valence-corrected chi connectivity index (χ3v) is 4.28. The third-order valence-electron chi connectivity index (χ3n) is 4.28. The maximum Gasteiger partial charge on any atom is 0.292 e. The van der Waals surface area contributed by atoms with Crippen LogP contribution in [0.15, 0.2) is 41.1 Å². The summed E-state index contributed by atoms with van der Waals surface area (Å²) in [4.78, 5) is 31.9. The number of aromatic nitrogens is 1. The standard InChI is InChI=1S/C18H21N3O4/c1-13-17(25-12-19-13)18(24)21-10-15(22)9-20(16(23)11-21)8-7-14-5-3-2-4-6-14/h2-6,12,15,22H,7-11H2,1H3. The summed E-state index contributed by atoms with van der Waals surface area (Å²) in [6.07, 6.45) is 1.11. The topological polar surface area (TPSA) is 86.9 Å². The summed E-state index contributed by atoms with van der Waals surface area (Å²) >= 11 is 0. The fourth-order valence-corrected chi connectivity index (χ4v) is 2.93. The number of benzene rings is 1. The molecule has 25 heavy (non-hydrogen) atoms. The van der Waals surface area contributed by atoms with Crippen LogP contribution >= 0.6 is 0 Å². The van der Waals surface area contributed by atoms with Crippen LogP contribution in [0.5, 0.6) is 0 Å². The van der Waals surface area contributed by atoms with Gasteiger partial charge in [-0.05, 0) is 18.9 Å². The number of nitrogens with zero attached hydrogens (tertiary/aromatic N) is 3. The molecule has 7 heteroatoms. The molecule has 0 bridgehead atoms. The molecule has 1 unspecified atom stereocenters. The second-order valence-corrected chi connectivity index (χ2v) is 6.18. The maximum absolute atomic E-state index is 12.5. The van der Waals surface area contributed by atoms with E-state index in [-0.39, 0.29) is 31.3 Å². The van der Waals surface area contributed by atoms with Gasteiger partial charge >= 0.3 is 0 Å². The molecule has 2 amide bonds. The molecule has 2 heterocycles. The summed E-state index contributed by atoms with van der Waals surface area (Å²) in [7, 11) is 0. The largest absolute Gasteiger partial charge is 0.438 e. The lowest BCUT2D eigenvalue weighted by atomic mass is 10.1. The highest BCUT2D eigenvalue weighted by Crippen LogP contribution is 2.13. The van der Waals surface area contributed by atoms with Gasteiger partial charge in [0.15, 0.2) is 6.39 Å². The minimum absolute atomic E-state index is 0.0785. The van der Waals surface area contributed by atoms with Crippen LogP contribution in [0.1, 0.15) is 21.8 Å². The molecule has 1 saturated heterocycles. The van der Waals surface area contributed by atoms with Crippen molar-refractivity contribution in [3.8, 4) is 0 Å². The summed E-state index contributed by atoms with van der Waals surface area (Å²) in [5, 5.41) is 10.2. The van der Waals surface area contributed by atoms with E-state index in [0.717, 1.165) is 5.56 Å². The number of carbonyl (C=O) groups excluding carboxylic acids is 2. The number of β-amino-alcohol motifs (C(OH)–C–C–N with tert-alkyl or cyclic N) is 1. The first-order valence-electron chi connectivity index (χ1n) is 8.23. The first-order valence-corrected chi connectivity index (χ1v) is 8.23. The Balaban J connectivity index is 1.67. The number of aliphatic hydroxyl groups excluding tert-OH is 1. The predicted octanol–water partition coefficient (Wildman–Crippen LogP) is 0.871. The van der Waals surface area contributed by atoms with Crippen molar-refractivity contribution in [2.45, 2.75) is 19.4 Å². The first kappa shape index (κ1) is 17.2. The molecule has 0 radical (unpaired) electrons. The first-order chi connectivity index (χ1) is 12.0. The lowest BCUT2D eigenvalue weighted by molar-refractivity contribution is -0.131. The van der Waals surface area contributed by atoms with E-state index in [9.17, 15) is 14.7 Å². The van der Waals surface area contributed by atoms with E-state index >= 15 is 0 Å². The van der Waals surface area contributed by atoms with Crippen molar-refractivity contribution >= 4 is 11.8 Å². The molecule has 1 aliphatic rings. The Hall–Kier alpha value is -2.67. The van der Waals surface area contributed by atoms with E-state index in [1.165, 1.54) is 11.3 Å². The van der Waals surface area contributed by atoms with Gasteiger partial charge in [-0.25, -0.2) is 4.98 Å². The van der Waals surface area contributed by atoms with Gasteiger partial charge in [-0.1, -0.05) is 30.3 Å². The molecule has 132 valence electrons. The SMILES string of the molecule is Cc1ncoc1C(=O)N1CC(=O)N(CCc2ccccc2)CC(O)C1. The molecule has 1 aromatic carbocycles. The van der Waals surface area contributed by atoms with Crippen LogP contribution in [0.2, 0.25) is 0 Å². The molecule has 7 nitrogen and oxygen atoms in total. The van der Waals surface area contributed by atoms with Crippen molar-refractivity contribution in [3.05, 3.63) is 53.7 Å². The Bertz CT molecular complexity index is 744. The molecule has 1 fully saturated rings. The summed E-state index contributed by atoms with van der Waals surface area (Å²) in [6.45, 7) is 2.39. The number of hydrogen-bond acceptors (Lipinski definition) is 5. The lowest BCUT2D eigenvalue weighted by Gasteiger charge is -2.21. The summed E-state index contributed by atoms with van der Waals surface area (Å²) in [5.41, 5.74) is 1.59. The van der Waals surface area contributed by atoms with Crippen LogP contribution in [0.3, 0.4) is 0 Å². The zero-order valence-electron chi connectivity index (χ0n) is 14.1. The number of aryl methyl sites for hydroxylation is 1. The number of aliphatic hydroxyl groups is 1. The van der Waals surface area contributed by atoms with Crippen molar-refractivity contribution in [2.24, 2.45) is 0 Å². The zero-order valence-corrected chi connectivity index (χ0v) is 14.1. The number of carbonyl (C=O) groups is 2. The molecule has 1 atom stereocenters. The van der Waals surface area contributed by atoms with Gasteiger partial charge in [-0.15, -0.1) is 0 Å². The van der Waals surface area contributed by atoms with Crippen LogP contribution in [0, 0.1) is 6.92 Å². The van der Waals surface area contributed by atoms with Crippen molar-refractivity contribution < 1.29 is 19.1 Å². The Labute approximate surface area is 145 Å². The summed E-state index contributed by atoms with van der Waals surface area (Å²) < 4.78 is 5.11. The average Bonchev–Trinajstić information content (AvgIpc) is 2.97. The van der Waals surface area contributed by atoms with Crippen molar-refractivity contribution in [2.75, 3.05) is 26.2 Å². The average molecular weight is 343 g/mol. The van der Waals surface area contributed by atoms with Gasteiger partial charge in [0, 0.05) is 19.6 Å². The number of hydrogen-bond donors (Lipinski definition) is 1. The smallest absolute Gasteiger partial charge is 0.292 e. The van der Waals surface area contributed by atoms with E-state index in [1.807, 2.05) is 30.3 Å². The van der Waals surface area contributed by atoms with Gasteiger partial charge in [0.05, 0.1) is 11.8 Å². The highest BCUT2D eigenvalue weighted by atomic mass is 16.4. The zero-order chi connectivity index (χ0) is 17.8. The van der Waals surface area contributed by atoms with E-state index < -0.39 is 12.0 Å². The van der Waals surface area contributed by atoms with Crippen LogP contribution < -0.4 is 0 Å². The van der Waals surface area contributed by atoms with Gasteiger partial charge < -0.3 is 19.3 Å². The molecule has 0 aliphatic carbocycles. The van der Waals surface area contributed by atoms with E-state index in [1.54, 1.807) is 11.8 Å². The van der Waals surface area contributed by atoms with Gasteiger partial charge in [0.25, 0.3) is 5.91 Å². The fourth-order valence-electron chi connectivity index (χ4n) is 2.93. The van der Waals surface area contributed by atoms with Crippen LogP contribution in [-0.2, 0) is 11.2 Å². The number of amides is 2. The highest BCUT2D eigenvalue weighted by molar-refractivity contribution is 5.95. The second-order valence-electron chi connectivity index (χ2n) is 6.18. The van der Waals surface area contributed by atoms with Gasteiger partial charge in [-0.2, -0.15) is 0 Å². The Morgan fingerprint density at radius 1 is 1.32 bits per heavy atom. The Morgan fingerprint density at radius 3 is 2.76 bits per heavy atom. The predicted molar refractivity (Wildman–Crippen MR) is 89.9 cm³/mol. The van der Waals surface area contributed by atoms with Gasteiger partial charge in [0.1, 0.15) is 6.54 Å². The Kier molecular flexibility index (Phi) is 5.14. The summed E-state index contributed by atoms with van der Waals surface area (Å²) in [6, 6.07) is 9.85. The van der Waals surface area contributed by atoms with Crippen LogP contribution in [0.25, 0.3) is 0 Å². The molecule has 0 saturated carbocycles. The minimum Gasteiger partial charge on any atom is -0.438 e.